The van der Waals surface area contributed by atoms with Crippen molar-refractivity contribution in [1.29, 1.82) is 0 Å². The number of carbonyl (C=O) groups excluding carboxylic acids is 2. The molecule has 0 aromatic heterocycles. The number of ether oxygens (including phenoxy) is 1. The Labute approximate surface area is 286 Å². The average molecular weight is 680 g/mol. The van der Waals surface area contributed by atoms with Crippen LogP contribution in [0.1, 0.15) is 25.0 Å². The highest BCUT2D eigenvalue weighted by molar-refractivity contribution is 7.92. The zero-order chi connectivity index (χ0) is 34.8. The van der Waals surface area contributed by atoms with Gasteiger partial charge < -0.3 is 15.0 Å². The van der Waals surface area contributed by atoms with Crippen molar-refractivity contribution >= 4 is 27.5 Å². The van der Waals surface area contributed by atoms with Crippen LogP contribution >= 0.6 is 0 Å². The van der Waals surface area contributed by atoms with Gasteiger partial charge in [0.1, 0.15) is 29.9 Å². The van der Waals surface area contributed by atoms with Crippen molar-refractivity contribution < 1.29 is 27.1 Å². The van der Waals surface area contributed by atoms with Gasteiger partial charge in [0.05, 0.1) is 10.6 Å². The van der Waals surface area contributed by atoms with Crippen molar-refractivity contribution in [2.24, 2.45) is 0 Å². The molecule has 5 aromatic carbocycles. The van der Waals surface area contributed by atoms with E-state index in [-0.39, 0.29) is 35.2 Å². The third-order valence-corrected chi connectivity index (χ3v) is 9.50. The number of carbonyl (C=O) groups is 2. The van der Waals surface area contributed by atoms with Crippen molar-refractivity contribution in [2.75, 3.05) is 10.8 Å². The van der Waals surface area contributed by atoms with Crippen LogP contribution in [0, 0.1) is 5.82 Å². The predicted octanol–water partition coefficient (Wildman–Crippen LogP) is 6.98. The summed E-state index contributed by atoms with van der Waals surface area (Å²) >= 11 is 0. The van der Waals surface area contributed by atoms with Crippen LogP contribution in [0.5, 0.6) is 11.5 Å². The second-order valence-corrected chi connectivity index (χ2v) is 13.6. The fourth-order valence-corrected chi connectivity index (χ4v) is 6.73. The highest BCUT2D eigenvalue weighted by Crippen LogP contribution is 2.29. The molecule has 1 N–H and O–H groups in total. The number of benzene rings is 5. The summed E-state index contributed by atoms with van der Waals surface area (Å²) in [7, 11) is -4.29. The Morgan fingerprint density at radius 1 is 0.735 bits per heavy atom. The molecule has 49 heavy (non-hydrogen) atoms. The summed E-state index contributed by atoms with van der Waals surface area (Å²) < 4.78 is 50.4. The van der Waals surface area contributed by atoms with Crippen molar-refractivity contribution in [1.82, 2.24) is 10.2 Å². The molecule has 2 amide bonds. The number of halogens is 1. The van der Waals surface area contributed by atoms with Gasteiger partial charge in [-0.3, -0.25) is 13.9 Å². The highest BCUT2D eigenvalue weighted by Gasteiger charge is 2.35. The number of rotatable bonds is 14. The molecule has 1 atom stereocenters. The van der Waals surface area contributed by atoms with Gasteiger partial charge in [0.25, 0.3) is 10.0 Å². The Hall–Kier alpha value is -5.48. The quantitative estimate of drug-likeness (QED) is 0.137. The summed E-state index contributed by atoms with van der Waals surface area (Å²) in [6.07, 6.45) is 0.122. The molecule has 0 aliphatic rings. The minimum absolute atomic E-state index is 0.0218. The molecule has 5 aromatic rings. The van der Waals surface area contributed by atoms with Gasteiger partial charge in [0.15, 0.2) is 0 Å². The van der Waals surface area contributed by atoms with E-state index in [9.17, 15) is 18.0 Å². The first-order valence-corrected chi connectivity index (χ1v) is 17.3. The van der Waals surface area contributed by atoms with E-state index in [2.05, 4.69) is 5.32 Å². The van der Waals surface area contributed by atoms with E-state index in [1.165, 1.54) is 29.2 Å². The summed E-state index contributed by atoms with van der Waals surface area (Å²) in [5, 5.41) is 2.89. The number of nitrogens with zero attached hydrogens (tertiary/aromatic N) is 2. The molecule has 0 heterocycles. The Bertz CT molecular complexity index is 1940. The topological polar surface area (TPSA) is 96.0 Å². The van der Waals surface area contributed by atoms with E-state index in [4.69, 9.17) is 4.74 Å². The third kappa shape index (κ3) is 9.11. The maximum atomic E-state index is 15.1. The van der Waals surface area contributed by atoms with Crippen molar-refractivity contribution in [3.63, 3.8) is 0 Å². The zero-order valence-electron chi connectivity index (χ0n) is 27.3. The fraction of sp³-hybridized carbons (Fsp3) is 0.179. The lowest BCUT2D eigenvalue weighted by Crippen LogP contribution is -2.54. The minimum Gasteiger partial charge on any atom is -0.457 e. The summed E-state index contributed by atoms with van der Waals surface area (Å²) in [6, 6.07) is 37.1. The van der Waals surface area contributed by atoms with E-state index in [0.29, 0.717) is 11.5 Å². The second-order valence-electron chi connectivity index (χ2n) is 11.7. The number of hydrogen-bond donors (Lipinski definition) is 1. The SMILES string of the molecule is CC(C)NC(=O)C(Cc1ccccc1)N(Cc1ccccc1F)C(=O)CN(c1ccc(Oc2ccccc2)cc1)S(=O)(=O)c1ccccc1. The van der Waals surface area contributed by atoms with Gasteiger partial charge in [-0.1, -0.05) is 84.9 Å². The molecule has 8 nitrogen and oxygen atoms in total. The summed E-state index contributed by atoms with van der Waals surface area (Å²) in [4.78, 5) is 29.6. The van der Waals surface area contributed by atoms with Gasteiger partial charge in [-0.05, 0) is 74.0 Å². The lowest BCUT2D eigenvalue weighted by atomic mass is 10.0. The molecule has 10 heteroatoms. The molecule has 0 spiro atoms. The summed E-state index contributed by atoms with van der Waals surface area (Å²) in [5.74, 6) is -0.610. The van der Waals surface area contributed by atoms with Crippen molar-refractivity contribution in [3.8, 4) is 11.5 Å². The average Bonchev–Trinajstić information content (AvgIpc) is 3.10. The van der Waals surface area contributed by atoms with Crippen LogP contribution in [0.4, 0.5) is 10.1 Å². The molecular formula is C39H38FN3O5S. The van der Waals surface area contributed by atoms with E-state index in [1.807, 2.05) is 48.5 Å². The maximum Gasteiger partial charge on any atom is 0.264 e. The fourth-order valence-electron chi connectivity index (χ4n) is 5.30. The lowest BCUT2D eigenvalue weighted by molar-refractivity contribution is -0.140. The maximum absolute atomic E-state index is 15.1. The normalized spacial score (nSPS) is 11.8. The van der Waals surface area contributed by atoms with Crippen molar-refractivity contribution in [2.45, 2.75) is 43.8 Å². The first kappa shape index (κ1) is 34.8. The largest absolute Gasteiger partial charge is 0.457 e. The molecule has 0 saturated heterocycles. The smallest absolute Gasteiger partial charge is 0.264 e. The van der Waals surface area contributed by atoms with Crippen LogP contribution in [0.15, 0.2) is 144 Å². The number of sulfonamides is 1. The van der Waals surface area contributed by atoms with Gasteiger partial charge in [-0.15, -0.1) is 0 Å². The van der Waals surface area contributed by atoms with Crippen LogP contribution in [0.3, 0.4) is 0 Å². The van der Waals surface area contributed by atoms with Crippen LogP contribution in [0.2, 0.25) is 0 Å². The Morgan fingerprint density at radius 2 is 1.29 bits per heavy atom. The summed E-state index contributed by atoms with van der Waals surface area (Å²) in [6.45, 7) is 2.68. The number of para-hydroxylation sites is 1. The first-order chi connectivity index (χ1) is 23.6. The van der Waals surface area contributed by atoms with E-state index < -0.39 is 40.2 Å². The molecule has 0 fully saturated rings. The summed E-state index contributed by atoms with van der Waals surface area (Å²) in [5.41, 5.74) is 1.17. The van der Waals surface area contributed by atoms with E-state index in [1.54, 1.807) is 80.6 Å². The minimum atomic E-state index is -4.29. The van der Waals surface area contributed by atoms with Crippen LogP contribution in [-0.2, 0) is 32.6 Å². The van der Waals surface area contributed by atoms with Gasteiger partial charge >= 0.3 is 0 Å². The Balaban J connectivity index is 1.55. The lowest BCUT2D eigenvalue weighted by Gasteiger charge is -2.34. The number of nitrogens with one attached hydrogen (secondary N) is 1. The third-order valence-electron chi connectivity index (χ3n) is 7.71. The molecule has 0 saturated carbocycles. The molecule has 0 aliphatic carbocycles. The number of amides is 2. The zero-order valence-corrected chi connectivity index (χ0v) is 28.1. The molecule has 0 radical (unpaired) electrons. The molecule has 0 aliphatic heterocycles. The number of hydrogen-bond acceptors (Lipinski definition) is 5. The van der Waals surface area contributed by atoms with E-state index in [0.717, 1.165) is 9.87 Å². The number of anilines is 1. The van der Waals surface area contributed by atoms with Gasteiger partial charge in [-0.25, -0.2) is 12.8 Å². The monoisotopic (exact) mass is 679 g/mol. The van der Waals surface area contributed by atoms with Crippen molar-refractivity contribution in [3.05, 3.63) is 156 Å². The molecule has 252 valence electrons. The van der Waals surface area contributed by atoms with Crippen LogP contribution < -0.4 is 14.4 Å². The Morgan fingerprint density at radius 3 is 1.90 bits per heavy atom. The second kappa shape index (κ2) is 16.1. The molecule has 0 bridgehead atoms. The van der Waals surface area contributed by atoms with Gasteiger partial charge in [0, 0.05) is 24.6 Å². The first-order valence-electron chi connectivity index (χ1n) is 15.9. The van der Waals surface area contributed by atoms with Gasteiger partial charge in [-0.2, -0.15) is 0 Å². The standard InChI is InChI=1S/C39H38FN3O5S/c1-29(2)41-39(45)37(26-30-14-6-3-7-15-30)42(27-31-16-12-13-21-36(31)40)38(44)28-43(49(46,47)35-19-10-5-11-20-35)32-22-24-34(25-23-32)48-33-17-8-4-9-18-33/h3-25,29,37H,26-28H2,1-2H3,(H,41,45). The molecular weight excluding hydrogens is 642 g/mol. The van der Waals surface area contributed by atoms with E-state index >= 15 is 4.39 Å². The Kier molecular flexibility index (Phi) is 11.4. The van der Waals surface area contributed by atoms with Gasteiger partial charge in [0.2, 0.25) is 11.8 Å². The predicted molar refractivity (Wildman–Crippen MR) is 188 cm³/mol. The molecule has 1 unspecified atom stereocenters. The van der Waals surface area contributed by atoms with Crippen LogP contribution in [-0.4, -0.2) is 43.8 Å². The highest BCUT2D eigenvalue weighted by atomic mass is 32.2. The van der Waals surface area contributed by atoms with Crippen LogP contribution in [0.25, 0.3) is 0 Å². The molecule has 5 rings (SSSR count).